The normalized spacial score (nSPS) is 14.7. The zero-order chi connectivity index (χ0) is 70.3. The first kappa shape index (κ1) is 93.1. The number of rotatable bonds is 73. The molecule has 0 aliphatic heterocycles. The van der Waals surface area contributed by atoms with Crippen LogP contribution in [0, 0.1) is 23.7 Å². The van der Waals surface area contributed by atoms with Crippen LogP contribution in [0.1, 0.15) is 383 Å². The molecule has 0 spiro atoms. The standard InChI is InChI=1S/C76H148O17P2/c1-9-68(7)54-46-38-30-24-21-22-26-32-42-50-58-75(80)92-71(62-86-73(78)56-48-40-31-25-20-18-16-14-12-11-13-15-17-19-23-28-36-44-52-66(3)4)64-90-94(82,83)88-60-70(77)61-89-95(84,85)91-65-72(93-76(81)59-51-43-33-27-29-37-45-53-67(5)6)63-87-74(79)57-49-41-35-34-39-47-55-69(8)10-2/h66-72,77H,9-65H2,1-8H3,(H,82,83)(H,84,85)/t68?,69?,70-,71-,72-/m1/s1. The van der Waals surface area contributed by atoms with Gasteiger partial charge in [0.2, 0.25) is 0 Å². The molecule has 95 heavy (non-hydrogen) atoms. The Kier molecular flexibility index (Phi) is 64.0. The third-order valence-electron chi connectivity index (χ3n) is 18.3. The minimum atomic E-state index is -4.96. The Bertz CT molecular complexity index is 1870. The van der Waals surface area contributed by atoms with Crippen LogP contribution in [0.2, 0.25) is 0 Å². The Hall–Kier alpha value is -1.94. The van der Waals surface area contributed by atoms with E-state index >= 15 is 0 Å². The highest BCUT2D eigenvalue weighted by atomic mass is 31.2. The first-order chi connectivity index (χ1) is 45.7. The quantitative estimate of drug-likeness (QED) is 0.0222. The Morgan fingerprint density at radius 2 is 0.505 bits per heavy atom. The number of hydrogen-bond acceptors (Lipinski definition) is 15. The molecule has 0 fully saturated rings. The third kappa shape index (κ3) is 67.6. The van der Waals surface area contributed by atoms with Crippen molar-refractivity contribution in [3.63, 3.8) is 0 Å². The summed E-state index contributed by atoms with van der Waals surface area (Å²) in [5.41, 5.74) is 0. The van der Waals surface area contributed by atoms with Gasteiger partial charge in [0.1, 0.15) is 19.3 Å². The number of aliphatic hydroxyl groups is 1. The molecular formula is C76H148O17P2. The average molecular weight is 1400 g/mol. The van der Waals surface area contributed by atoms with Crippen molar-refractivity contribution >= 4 is 39.5 Å². The van der Waals surface area contributed by atoms with Gasteiger partial charge in [-0.15, -0.1) is 0 Å². The molecule has 564 valence electrons. The molecule has 0 saturated heterocycles. The molecule has 7 atom stereocenters. The van der Waals surface area contributed by atoms with Crippen molar-refractivity contribution in [1.29, 1.82) is 0 Å². The average Bonchev–Trinajstić information content (AvgIpc) is 1.67. The van der Waals surface area contributed by atoms with Crippen molar-refractivity contribution < 1.29 is 80.2 Å². The maximum atomic E-state index is 13.1. The third-order valence-corrected chi connectivity index (χ3v) is 20.2. The van der Waals surface area contributed by atoms with E-state index in [9.17, 15) is 43.2 Å². The van der Waals surface area contributed by atoms with Crippen molar-refractivity contribution in [1.82, 2.24) is 0 Å². The Morgan fingerprint density at radius 3 is 0.747 bits per heavy atom. The van der Waals surface area contributed by atoms with Crippen LogP contribution in [-0.4, -0.2) is 96.7 Å². The monoisotopic (exact) mass is 1400 g/mol. The van der Waals surface area contributed by atoms with Crippen molar-refractivity contribution in [2.24, 2.45) is 23.7 Å². The molecule has 3 N–H and O–H groups in total. The molecule has 0 aromatic heterocycles. The summed E-state index contributed by atoms with van der Waals surface area (Å²) in [6.45, 7) is 14.2. The molecule has 0 heterocycles. The number of aliphatic hydroxyl groups excluding tert-OH is 1. The topological polar surface area (TPSA) is 237 Å². The van der Waals surface area contributed by atoms with E-state index in [1.807, 2.05) is 0 Å². The number of phosphoric acid groups is 2. The minimum absolute atomic E-state index is 0.102. The van der Waals surface area contributed by atoms with Crippen LogP contribution in [0.4, 0.5) is 0 Å². The number of hydrogen-bond donors (Lipinski definition) is 3. The summed E-state index contributed by atoms with van der Waals surface area (Å²) in [7, 11) is -9.91. The fraction of sp³-hybridized carbons (Fsp3) is 0.947. The van der Waals surface area contributed by atoms with Crippen molar-refractivity contribution in [3.8, 4) is 0 Å². The molecule has 0 aromatic rings. The highest BCUT2D eigenvalue weighted by molar-refractivity contribution is 7.47. The predicted molar refractivity (Wildman–Crippen MR) is 386 cm³/mol. The number of ether oxygens (including phenoxy) is 4. The van der Waals surface area contributed by atoms with E-state index in [2.05, 4.69) is 55.4 Å². The van der Waals surface area contributed by atoms with Gasteiger partial charge in [0.15, 0.2) is 12.2 Å². The van der Waals surface area contributed by atoms with Gasteiger partial charge < -0.3 is 33.8 Å². The van der Waals surface area contributed by atoms with Gasteiger partial charge in [-0.2, -0.15) is 0 Å². The summed E-state index contributed by atoms with van der Waals surface area (Å²) >= 11 is 0. The molecule has 19 heteroatoms. The number of phosphoric ester groups is 2. The van der Waals surface area contributed by atoms with Gasteiger partial charge in [-0.05, 0) is 49.4 Å². The van der Waals surface area contributed by atoms with Crippen LogP contribution in [-0.2, 0) is 65.4 Å². The summed E-state index contributed by atoms with van der Waals surface area (Å²) in [6, 6.07) is 0. The van der Waals surface area contributed by atoms with Crippen molar-refractivity contribution in [2.45, 2.75) is 401 Å². The summed E-state index contributed by atoms with van der Waals surface area (Å²) in [5, 5.41) is 10.6. The molecule has 0 amide bonds. The highest BCUT2D eigenvalue weighted by Crippen LogP contribution is 2.45. The number of carbonyl (C=O) groups excluding carboxylic acids is 4. The van der Waals surface area contributed by atoms with Gasteiger partial charge in [-0.25, -0.2) is 9.13 Å². The highest BCUT2D eigenvalue weighted by Gasteiger charge is 2.30. The van der Waals surface area contributed by atoms with E-state index < -0.39 is 97.5 Å². The lowest BCUT2D eigenvalue weighted by molar-refractivity contribution is -0.161. The van der Waals surface area contributed by atoms with Gasteiger partial charge >= 0.3 is 39.5 Å². The molecule has 0 aliphatic carbocycles. The first-order valence-corrected chi connectivity index (χ1v) is 42.3. The lowest BCUT2D eigenvalue weighted by Gasteiger charge is -2.21. The minimum Gasteiger partial charge on any atom is -0.462 e. The van der Waals surface area contributed by atoms with E-state index in [0.717, 1.165) is 114 Å². The van der Waals surface area contributed by atoms with Crippen LogP contribution >= 0.6 is 15.6 Å². The summed E-state index contributed by atoms with van der Waals surface area (Å²) in [4.78, 5) is 72.7. The summed E-state index contributed by atoms with van der Waals surface area (Å²) < 4.78 is 68.4. The Balaban J connectivity index is 5.18. The van der Waals surface area contributed by atoms with Crippen LogP contribution < -0.4 is 0 Å². The summed E-state index contributed by atoms with van der Waals surface area (Å²) in [5.74, 6) is 0.927. The maximum absolute atomic E-state index is 13.1. The van der Waals surface area contributed by atoms with E-state index in [1.165, 1.54) is 180 Å². The van der Waals surface area contributed by atoms with Crippen LogP contribution in [0.15, 0.2) is 0 Å². The van der Waals surface area contributed by atoms with Crippen LogP contribution in [0.3, 0.4) is 0 Å². The predicted octanol–water partition coefficient (Wildman–Crippen LogP) is 22.0. The Morgan fingerprint density at radius 1 is 0.295 bits per heavy atom. The smallest absolute Gasteiger partial charge is 0.462 e. The zero-order valence-electron chi connectivity index (χ0n) is 62.3. The van der Waals surface area contributed by atoms with Crippen LogP contribution in [0.25, 0.3) is 0 Å². The van der Waals surface area contributed by atoms with E-state index in [0.29, 0.717) is 31.6 Å². The molecule has 0 saturated carbocycles. The molecular weight excluding hydrogens is 1250 g/mol. The van der Waals surface area contributed by atoms with Gasteiger partial charge in [0, 0.05) is 25.7 Å². The molecule has 0 radical (unpaired) electrons. The fourth-order valence-corrected chi connectivity index (χ4v) is 13.1. The van der Waals surface area contributed by atoms with Gasteiger partial charge in [0.25, 0.3) is 0 Å². The fourth-order valence-electron chi connectivity index (χ4n) is 11.5. The molecule has 0 bridgehead atoms. The lowest BCUT2D eigenvalue weighted by atomic mass is 9.99. The second-order valence-electron chi connectivity index (χ2n) is 28.8. The van der Waals surface area contributed by atoms with Crippen LogP contribution in [0.5, 0.6) is 0 Å². The van der Waals surface area contributed by atoms with E-state index in [1.54, 1.807) is 0 Å². The number of carbonyl (C=O) groups is 4. The van der Waals surface area contributed by atoms with Gasteiger partial charge in [-0.3, -0.25) is 37.3 Å². The van der Waals surface area contributed by atoms with Crippen molar-refractivity contribution in [2.75, 3.05) is 39.6 Å². The molecule has 0 aliphatic rings. The van der Waals surface area contributed by atoms with Gasteiger partial charge in [0.05, 0.1) is 26.4 Å². The molecule has 0 aromatic carbocycles. The van der Waals surface area contributed by atoms with Crippen molar-refractivity contribution in [3.05, 3.63) is 0 Å². The lowest BCUT2D eigenvalue weighted by Crippen LogP contribution is -2.30. The maximum Gasteiger partial charge on any atom is 0.472 e. The Labute approximate surface area is 581 Å². The number of unbranched alkanes of at least 4 members (excludes halogenated alkanes) is 37. The summed E-state index contributed by atoms with van der Waals surface area (Å²) in [6.07, 6.45) is 50.2. The first-order valence-electron chi connectivity index (χ1n) is 39.3. The second kappa shape index (κ2) is 65.4. The number of esters is 4. The second-order valence-corrected chi connectivity index (χ2v) is 31.7. The molecule has 17 nitrogen and oxygen atoms in total. The van der Waals surface area contributed by atoms with E-state index in [4.69, 9.17) is 37.0 Å². The molecule has 4 unspecified atom stereocenters. The largest absolute Gasteiger partial charge is 0.472 e. The SMILES string of the molecule is CCC(C)CCCCCCCCCCCCC(=O)O[C@H](COC(=O)CCCCCCCCCCCCCCCCCCCCC(C)C)COP(=O)(O)OC[C@@H](O)COP(=O)(O)OC[C@@H](COC(=O)CCCCCCCCC(C)CC)OC(=O)CCCCCCCCCC(C)C. The van der Waals surface area contributed by atoms with Gasteiger partial charge in [-0.1, -0.05) is 331 Å². The van der Waals surface area contributed by atoms with E-state index in [-0.39, 0.29) is 25.7 Å². The molecule has 0 rings (SSSR count). The zero-order valence-corrected chi connectivity index (χ0v) is 64.1.